The highest BCUT2D eigenvalue weighted by atomic mass is 16.2. The smallest absolute Gasteiger partial charge is 0.255 e. The third-order valence-corrected chi connectivity index (χ3v) is 5.29. The van der Waals surface area contributed by atoms with Crippen molar-refractivity contribution in [1.29, 1.82) is 0 Å². The number of aryl methyl sites for hydroxylation is 2. The Morgan fingerprint density at radius 3 is 2.37 bits per heavy atom. The van der Waals surface area contributed by atoms with Gasteiger partial charge in [-0.25, -0.2) is 4.98 Å². The van der Waals surface area contributed by atoms with E-state index in [0.29, 0.717) is 11.6 Å². The number of benzene rings is 1. The van der Waals surface area contributed by atoms with Crippen molar-refractivity contribution in [2.24, 2.45) is 0 Å². The molecule has 0 saturated carbocycles. The predicted octanol–water partition coefficient (Wildman–Crippen LogP) is 4.04. The summed E-state index contributed by atoms with van der Waals surface area (Å²) in [6.45, 7) is 5.54. The fourth-order valence-corrected chi connectivity index (χ4v) is 3.81. The molecule has 0 radical (unpaired) electrons. The third kappa shape index (κ3) is 3.50. The highest BCUT2D eigenvalue weighted by Gasteiger charge is 2.27. The second-order valence-corrected chi connectivity index (χ2v) is 7.17. The molecule has 0 bridgehead atoms. The van der Waals surface area contributed by atoms with Crippen LogP contribution in [0.3, 0.4) is 0 Å². The van der Waals surface area contributed by atoms with Gasteiger partial charge in [-0.05, 0) is 38.8 Å². The average molecular weight is 360 g/mol. The molecular formula is C22H24N4O. The average Bonchev–Trinajstić information content (AvgIpc) is 3.10. The summed E-state index contributed by atoms with van der Waals surface area (Å²) in [4.78, 5) is 23.6. The van der Waals surface area contributed by atoms with E-state index >= 15 is 0 Å². The highest BCUT2D eigenvalue weighted by Crippen LogP contribution is 2.30. The van der Waals surface area contributed by atoms with E-state index in [1.165, 1.54) is 5.69 Å². The zero-order chi connectivity index (χ0) is 18.8. The Bertz CT molecular complexity index is 923. The lowest BCUT2D eigenvalue weighted by atomic mass is 10.0. The van der Waals surface area contributed by atoms with Gasteiger partial charge in [0.05, 0.1) is 5.56 Å². The van der Waals surface area contributed by atoms with Crippen LogP contribution in [0.25, 0.3) is 11.4 Å². The Hall–Kier alpha value is -2.95. The molecule has 4 rings (SSSR count). The predicted molar refractivity (Wildman–Crippen MR) is 106 cm³/mol. The summed E-state index contributed by atoms with van der Waals surface area (Å²) in [5.41, 5.74) is 3.90. The van der Waals surface area contributed by atoms with Crippen LogP contribution in [-0.2, 0) is 0 Å². The lowest BCUT2D eigenvalue weighted by molar-refractivity contribution is 0.0694. The van der Waals surface area contributed by atoms with Crippen molar-refractivity contribution in [2.45, 2.75) is 32.7 Å². The summed E-state index contributed by atoms with van der Waals surface area (Å²) >= 11 is 0. The van der Waals surface area contributed by atoms with Crippen LogP contribution in [0.2, 0.25) is 0 Å². The summed E-state index contributed by atoms with van der Waals surface area (Å²) in [5, 5.41) is 0. The van der Waals surface area contributed by atoms with Gasteiger partial charge < -0.3 is 9.47 Å². The summed E-state index contributed by atoms with van der Waals surface area (Å²) < 4.78 is 2.34. The molecule has 0 atom stereocenters. The second kappa shape index (κ2) is 7.35. The molecular weight excluding hydrogens is 336 g/mol. The van der Waals surface area contributed by atoms with Gasteiger partial charge in [0.25, 0.3) is 5.91 Å². The number of rotatable bonds is 3. The fourth-order valence-electron chi connectivity index (χ4n) is 3.81. The summed E-state index contributed by atoms with van der Waals surface area (Å²) in [6.07, 6.45) is 5.49. The molecule has 0 spiro atoms. The molecule has 1 fully saturated rings. The molecule has 0 N–H and O–H groups in total. The van der Waals surface area contributed by atoms with E-state index < -0.39 is 0 Å². The van der Waals surface area contributed by atoms with Crippen LogP contribution in [-0.4, -0.2) is 38.4 Å². The van der Waals surface area contributed by atoms with Gasteiger partial charge in [0.2, 0.25) is 0 Å². The van der Waals surface area contributed by atoms with Gasteiger partial charge in [0, 0.05) is 48.5 Å². The van der Waals surface area contributed by atoms with E-state index in [9.17, 15) is 4.79 Å². The minimum absolute atomic E-state index is 0.0755. The standard InChI is InChI=1S/C22H24N4O/c1-16-8-9-19(15-23-16)22(27)25-12-10-20(11-13-25)26-17(2)14-24-21(26)18-6-4-3-5-7-18/h3-9,14-15,20H,10-13H2,1-2H3. The molecule has 1 aromatic carbocycles. The molecule has 1 amide bonds. The van der Waals surface area contributed by atoms with Crippen molar-refractivity contribution in [3.63, 3.8) is 0 Å². The number of aromatic nitrogens is 3. The maximum atomic E-state index is 12.7. The van der Waals surface area contributed by atoms with Crippen molar-refractivity contribution < 1.29 is 4.79 Å². The number of nitrogens with zero attached hydrogens (tertiary/aromatic N) is 4. The van der Waals surface area contributed by atoms with E-state index in [4.69, 9.17) is 0 Å². The van der Waals surface area contributed by atoms with E-state index in [0.717, 1.165) is 43.0 Å². The lowest BCUT2D eigenvalue weighted by Crippen LogP contribution is -2.39. The van der Waals surface area contributed by atoms with Crippen molar-refractivity contribution in [3.8, 4) is 11.4 Å². The maximum Gasteiger partial charge on any atom is 0.255 e. The maximum absolute atomic E-state index is 12.7. The number of amides is 1. The first-order valence-electron chi connectivity index (χ1n) is 9.44. The number of imidazole rings is 1. The molecule has 1 saturated heterocycles. The third-order valence-electron chi connectivity index (χ3n) is 5.29. The van der Waals surface area contributed by atoms with E-state index in [2.05, 4.69) is 33.6 Å². The molecule has 5 heteroatoms. The van der Waals surface area contributed by atoms with E-state index in [1.54, 1.807) is 6.20 Å². The van der Waals surface area contributed by atoms with Crippen LogP contribution in [0.15, 0.2) is 54.9 Å². The van der Waals surface area contributed by atoms with Gasteiger partial charge in [-0.3, -0.25) is 9.78 Å². The molecule has 1 aliphatic heterocycles. The normalized spacial score (nSPS) is 15.1. The lowest BCUT2D eigenvalue weighted by Gasteiger charge is -2.34. The van der Waals surface area contributed by atoms with Crippen LogP contribution in [0.1, 0.15) is 40.6 Å². The van der Waals surface area contributed by atoms with Crippen molar-refractivity contribution in [1.82, 2.24) is 19.4 Å². The van der Waals surface area contributed by atoms with E-state index in [-0.39, 0.29) is 5.91 Å². The second-order valence-electron chi connectivity index (χ2n) is 7.17. The molecule has 138 valence electrons. The largest absolute Gasteiger partial charge is 0.338 e. The van der Waals surface area contributed by atoms with Crippen LogP contribution in [0.4, 0.5) is 0 Å². The zero-order valence-corrected chi connectivity index (χ0v) is 15.8. The quantitative estimate of drug-likeness (QED) is 0.708. The van der Waals surface area contributed by atoms with Gasteiger partial charge >= 0.3 is 0 Å². The summed E-state index contributed by atoms with van der Waals surface area (Å²) in [6, 6.07) is 14.4. The van der Waals surface area contributed by atoms with E-state index in [1.807, 2.05) is 48.4 Å². The van der Waals surface area contributed by atoms with Gasteiger partial charge in [0.15, 0.2) is 0 Å². The Morgan fingerprint density at radius 2 is 1.70 bits per heavy atom. The number of hydrogen-bond donors (Lipinski definition) is 0. The van der Waals surface area contributed by atoms with Crippen LogP contribution in [0.5, 0.6) is 0 Å². The highest BCUT2D eigenvalue weighted by molar-refractivity contribution is 5.94. The first-order chi connectivity index (χ1) is 13.1. The molecule has 1 aliphatic rings. The van der Waals surface area contributed by atoms with Crippen molar-refractivity contribution >= 4 is 5.91 Å². The fraction of sp³-hybridized carbons (Fsp3) is 0.318. The van der Waals surface area contributed by atoms with Gasteiger partial charge in [0.1, 0.15) is 5.82 Å². The zero-order valence-electron chi connectivity index (χ0n) is 15.8. The molecule has 5 nitrogen and oxygen atoms in total. The minimum atomic E-state index is 0.0755. The first-order valence-corrected chi connectivity index (χ1v) is 9.44. The number of carbonyl (C=O) groups is 1. The Morgan fingerprint density at radius 1 is 0.963 bits per heavy atom. The molecule has 3 heterocycles. The van der Waals surface area contributed by atoms with Crippen LogP contribution in [0, 0.1) is 13.8 Å². The summed E-state index contributed by atoms with van der Waals surface area (Å²) in [7, 11) is 0. The van der Waals surface area contributed by atoms with Crippen LogP contribution < -0.4 is 0 Å². The monoisotopic (exact) mass is 360 g/mol. The number of likely N-dealkylation sites (tertiary alicyclic amines) is 1. The summed E-state index contributed by atoms with van der Waals surface area (Å²) in [5.74, 6) is 1.09. The number of piperidine rings is 1. The van der Waals surface area contributed by atoms with Crippen molar-refractivity contribution in [2.75, 3.05) is 13.1 Å². The first kappa shape index (κ1) is 17.5. The topological polar surface area (TPSA) is 51.0 Å². The SMILES string of the molecule is Cc1ccc(C(=O)N2CCC(n3c(C)cnc3-c3ccccc3)CC2)cn1. The van der Waals surface area contributed by atoms with Gasteiger partial charge in [-0.1, -0.05) is 30.3 Å². The number of pyridine rings is 1. The Kier molecular flexibility index (Phi) is 4.75. The Labute approximate surface area is 159 Å². The van der Waals surface area contributed by atoms with Crippen LogP contribution >= 0.6 is 0 Å². The Balaban J connectivity index is 1.49. The number of carbonyl (C=O) groups excluding carboxylic acids is 1. The number of hydrogen-bond acceptors (Lipinski definition) is 3. The van der Waals surface area contributed by atoms with Gasteiger partial charge in [-0.2, -0.15) is 0 Å². The van der Waals surface area contributed by atoms with Gasteiger partial charge in [-0.15, -0.1) is 0 Å². The molecule has 2 aromatic heterocycles. The molecule has 27 heavy (non-hydrogen) atoms. The molecule has 0 aliphatic carbocycles. The van der Waals surface area contributed by atoms with Crippen molar-refractivity contribution in [3.05, 3.63) is 71.8 Å². The molecule has 0 unspecified atom stereocenters. The molecule has 3 aromatic rings. The minimum Gasteiger partial charge on any atom is -0.338 e.